The van der Waals surface area contributed by atoms with Crippen LogP contribution in [-0.4, -0.2) is 12.1 Å². The lowest BCUT2D eigenvalue weighted by molar-refractivity contribution is 0.415. The van der Waals surface area contributed by atoms with Crippen molar-refractivity contribution in [3.05, 3.63) is 69.6 Å². The average molecular weight is 382 g/mol. The van der Waals surface area contributed by atoms with Crippen LogP contribution in [0.3, 0.4) is 0 Å². The van der Waals surface area contributed by atoms with Crippen LogP contribution in [0.4, 0.5) is 5.69 Å². The van der Waals surface area contributed by atoms with Gasteiger partial charge in [0.1, 0.15) is 22.4 Å². The van der Waals surface area contributed by atoms with Crippen LogP contribution < -0.4 is 10.1 Å². The molecule has 0 aliphatic rings. The van der Waals surface area contributed by atoms with E-state index in [1.54, 1.807) is 13.3 Å². The number of rotatable bonds is 5. The number of nitriles is 1. The molecule has 0 aliphatic carbocycles. The van der Waals surface area contributed by atoms with Gasteiger partial charge in [-0.25, -0.2) is 4.98 Å². The Kier molecular flexibility index (Phi) is 5.57. The molecule has 4 nitrogen and oxygen atoms in total. The smallest absolute Gasteiger partial charge is 0.136 e. The molecule has 3 aromatic rings. The van der Waals surface area contributed by atoms with Gasteiger partial charge < -0.3 is 10.1 Å². The zero-order valence-corrected chi connectivity index (χ0v) is 15.9. The van der Waals surface area contributed by atoms with Crippen LogP contribution in [0.1, 0.15) is 10.6 Å². The number of ether oxygens (including phenoxy) is 1. The molecule has 0 aliphatic heterocycles. The third-order valence-electron chi connectivity index (χ3n) is 3.79. The van der Waals surface area contributed by atoms with E-state index < -0.39 is 0 Å². The lowest BCUT2D eigenvalue weighted by atomic mass is 10.1. The predicted octanol–water partition coefficient (Wildman–Crippen LogP) is 5.76. The monoisotopic (exact) mass is 381 g/mol. The normalized spacial score (nSPS) is 11.1. The Morgan fingerprint density at radius 1 is 1.31 bits per heavy atom. The second-order valence-electron chi connectivity index (χ2n) is 5.54. The van der Waals surface area contributed by atoms with Gasteiger partial charge in [-0.3, -0.25) is 0 Å². The van der Waals surface area contributed by atoms with Crippen molar-refractivity contribution in [1.29, 1.82) is 5.26 Å². The standard InChI is InChI=1S/C20H16ClN3OS/c1-13-6-7-16(21)9-18(13)23-11-15(10-22)20-24-19(12-26-20)14-4-3-5-17(8-14)25-2/h3-9,11-12,23H,1-2H3. The van der Waals surface area contributed by atoms with E-state index in [2.05, 4.69) is 16.4 Å². The van der Waals surface area contributed by atoms with Crippen molar-refractivity contribution >= 4 is 34.2 Å². The van der Waals surface area contributed by atoms with E-state index >= 15 is 0 Å². The highest BCUT2D eigenvalue weighted by atomic mass is 35.5. The molecule has 0 saturated carbocycles. The minimum atomic E-state index is 0.462. The molecular weight excluding hydrogens is 366 g/mol. The van der Waals surface area contributed by atoms with Crippen molar-refractivity contribution in [2.45, 2.75) is 6.92 Å². The summed E-state index contributed by atoms with van der Waals surface area (Å²) in [4.78, 5) is 4.59. The molecule has 0 saturated heterocycles. The van der Waals surface area contributed by atoms with Gasteiger partial charge in [0.25, 0.3) is 0 Å². The summed E-state index contributed by atoms with van der Waals surface area (Å²) in [5.74, 6) is 0.770. The van der Waals surface area contributed by atoms with E-state index in [4.69, 9.17) is 16.3 Å². The van der Waals surface area contributed by atoms with Gasteiger partial charge in [0.2, 0.25) is 0 Å². The molecule has 0 unspecified atom stereocenters. The topological polar surface area (TPSA) is 57.9 Å². The molecule has 0 radical (unpaired) electrons. The Hall–Kier alpha value is -2.81. The van der Waals surface area contributed by atoms with Crippen LogP contribution in [0.5, 0.6) is 5.75 Å². The van der Waals surface area contributed by atoms with Gasteiger partial charge in [-0.1, -0.05) is 29.8 Å². The first-order valence-corrected chi connectivity index (χ1v) is 9.10. The summed E-state index contributed by atoms with van der Waals surface area (Å²) < 4.78 is 5.25. The summed E-state index contributed by atoms with van der Waals surface area (Å²) in [6.45, 7) is 1.98. The Morgan fingerprint density at radius 3 is 2.92 bits per heavy atom. The van der Waals surface area contributed by atoms with Gasteiger partial charge in [0.15, 0.2) is 0 Å². The third kappa shape index (κ3) is 4.05. The van der Waals surface area contributed by atoms with Gasteiger partial charge in [-0.2, -0.15) is 5.26 Å². The highest BCUT2D eigenvalue weighted by molar-refractivity contribution is 7.11. The zero-order valence-electron chi connectivity index (χ0n) is 14.3. The Balaban J connectivity index is 1.86. The van der Waals surface area contributed by atoms with Crippen LogP contribution in [0.15, 0.2) is 54.0 Å². The fraction of sp³-hybridized carbons (Fsp3) is 0.100. The number of halogens is 1. The number of thiazole rings is 1. The molecular formula is C20H16ClN3OS. The molecule has 6 heteroatoms. The molecule has 2 aromatic carbocycles. The largest absolute Gasteiger partial charge is 0.497 e. The molecule has 130 valence electrons. The van der Waals surface area contributed by atoms with E-state index in [1.165, 1.54) is 11.3 Å². The second-order valence-corrected chi connectivity index (χ2v) is 6.84. The number of aromatic nitrogens is 1. The van der Waals surface area contributed by atoms with Crippen molar-refractivity contribution < 1.29 is 4.74 Å². The van der Waals surface area contributed by atoms with Crippen molar-refractivity contribution in [2.24, 2.45) is 0 Å². The average Bonchev–Trinajstić information content (AvgIpc) is 3.15. The number of aryl methyl sites for hydroxylation is 1. The van der Waals surface area contributed by atoms with Crippen LogP contribution in [0.2, 0.25) is 5.02 Å². The van der Waals surface area contributed by atoms with Crippen LogP contribution in [-0.2, 0) is 0 Å². The summed E-state index contributed by atoms with van der Waals surface area (Å²) in [7, 11) is 1.63. The van der Waals surface area contributed by atoms with Crippen LogP contribution in [0, 0.1) is 18.3 Å². The number of methoxy groups -OCH3 is 1. The third-order valence-corrected chi connectivity index (χ3v) is 4.90. The number of allylic oxidation sites excluding steroid dienone is 1. The Morgan fingerprint density at radius 2 is 2.15 bits per heavy atom. The summed E-state index contributed by atoms with van der Waals surface area (Å²) in [6, 6.07) is 15.5. The number of nitrogens with zero attached hydrogens (tertiary/aromatic N) is 2. The lowest BCUT2D eigenvalue weighted by Gasteiger charge is -2.06. The SMILES string of the molecule is COc1cccc(-c2csc(C(C#N)=CNc3cc(Cl)ccc3C)n2)c1. The highest BCUT2D eigenvalue weighted by Gasteiger charge is 2.10. The van der Waals surface area contributed by atoms with E-state index in [9.17, 15) is 5.26 Å². The molecule has 1 heterocycles. The van der Waals surface area contributed by atoms with E-state index in [0.717, 1.165) is 28.3 Å². The van der Waals surface area contributed by atoms with Crippen molar-refractivity contribution in [2.75, 3.05) is 12.4 Å². The van der Waals surface area contributed by atoms with Gasteiger partial charge in [0.05, 0.1) is 12.8 Å². The number of hydrogen-bond donors (Lipinski definition) is 1. The maximum absolute atomic E-state index is 9.51. The molecule has 0 spiro atoms. The Labute approximate surface area is 161 Å². The van der Waals surface area contributed by atoms with E-state index in [1.807, 2.05) is 54.8 Å². The number of benzene rings is 2. The summed E-state index contributed by atoms with van der Waals surface area (Å²) >= 11 is 7.46. The highest BCUT2D eigenvalue weighted by Crippen LogP contribution is 2.28. The number of nitrogens with one attached hydrogen (secondary N) is 1. The molecule has 1 aromatic heterocycles. The van der Waals surface area contributed by atoms with Crippen LogP contribution in [0.25, 0.3) is 16.8 Å². The predicted molar refractivity (Wildman–Crippen MR) is 108 cm³/mol. The summed E-state index contributed by atoms with van der Waals surface area (Å²) in [6.07, 6.45) is 1.66. The first kappa shape index (κ1) is 18.0. The quantitative estimate of drug-likeness (QED) is 0.571. The first-order chi connectivity index (χ1) is 12.6. The van der Waals surface area contributed by atoms with Gasteiger partial charge in [0, 0.05) is 27.9 Å². The summed E-state index contributed by atoms with van der Waals surface area (Å²) in [5.41, 5.74) is 4.12. The maximum Gasteiger partial charge on any atom is 0.136 e. The molecule has 3 rings (SSSR count). The van der Waals surface area contributed by atoms with Gasteiger partial charge in [-0.15, -0.1) is 11.3 Å². The van der Waals surface area contributed by atoms with E-state index in [0.29, 0.717) is 15.6 Å². The minimum absolute atomic E-state index is 0.462. The molecule has 0 fully saturated rings. The van der Waals surface area contributed by atoms with Crippen LogP contribution >= 0.6 is 22.9 Å². The molecule has 26 heavy (non-hydrogen) atoms. The lowest BCUT2D eigenvalue weighted by Crippen LogP contribution is -1.93. The maximum atomic E-state index is 9.51. The molecule has 0 atom stereocenters. The Bertz CT molecular complexity index is 1000. The minimum Gasteiger partial charge on any atom is -0.497 e. The van der Waals surface area contributed by atoms with E-state index in [-0.39, 0.29) is 0 Å². The molecule has 0 amide bonds. The van der Waals surface area contributed by atoms with Gasteiger partial charge in [-0.05, 0) is 36.8 Å². The fourth-order valence-corrected chi connectivity index (χ4v) is 3.32. The van der Waals surface area contributed by atoms with Crippen molar-refractivity contribution in [1.82, 2.24) is 4.98 Å². The zero-order chi connectivity index (χ0) is 18.5. The van der Waals surface area contributed by atoms with Crippen molar-refractivity contribution in [3.8, 4) is 23.1 Å². The second kappa shape index (κ2) is 8.05. The van der Waals surface area contributed by atoms with Crippen molar-refractivity contribution in [3.63, 3.8) is 0 Å². The molecule has 1 N–H and O–H groups in total. The number of hydrogen-bond acceptors (Lipinski definition) is 5. The summed E-state index contributed by atoms with van der Waals surface area (Å²) in [5, 5.41) is 15.9. The molecule has 0 bridgehead atoms. The first-order valence-electron chi connectivity index (χ1n) is 7.84. The number of anilines is 1. The van der Waals surface area contributed by atoms with Gasteiger partial charge >= 0.3 is 0 Å². The fourth-order valence-electron chi connectivity index (χ4n) is 2.35.